The summed E-state index contributed by atoms with van der Waals surface area (Å²) < 4.78 is 10.3. The SMILES string of the molecule is COc1cc(OC)cc(C(=O)N(C)CC(=O)Nc2cccc(C)n2)c1. The third kappa shape index (κ3) is 4.94. The van der Waals surface area contributed by atoms with E-state index in [1.54, 1.807) is 37.4 Å². The van der Waals surface area contributed by atoms with Crippen molar-refractivity contribution in [2.45, 2.75) is 6.92 Å². The Balaban J connectivity index is 2.05. The number of ether oxygens (including phenoxy) is 2. The molecule has 132 valence electrons. The summed E-state index contributed by atoms with van der Waals surface area (Å²) >= 11 is 0. The Kier molecular flexibility index (Phi) is 5.94. The first kappa shape index (κ1) is 18.3. The Morgan fingerprint density at radius 1 is 1.12 bits per heavy atom. The number of aromatic nitrogens is 1. The summed E-state index contributed by atoms with van der Waals surface area (Å²) in [6, 6.07) is 10.2. The molecular formula is C18H21N3O4. The summed E-state index contributed by atoms with van der Waals surface area (Å²) in [5, 5.41) is 2.67. The first-order valence-corrected chi connectivity index (χ1v) is 7.65. The number of nitrogens with zero attached hydrogens (tertiary/aromatic N) is 2. The average Bonchev–Trinajstić information content (AvgIpc) is 2.60. The van der Waals surface area contributed by atoms with E-state index in [0.717, 1.165) is 5.69 Å². The van der Waals surface area contributed by atoms with Crippen LogP contribution < -0.4 is 14.8 Å². The van der Waals surface area contributed by atoms with Gasteiger partial charge in [0.25, 0.3) is 5.91 Å². The number of hydrogen-bond donors (Lipinski definition) is 1. The highest BCUT2D eigenvalue weighted by molar-refractivity contribution is 5.99. The number of carbonyl (C=O) groups is 2. The molecular weight excluding hydrogens is 322 g/mol. The summed E-state index contributed by atoms with van der Waals surface area (Å²) in [6.07, 6.45) is 0. The van der Waals surface area contributed by atoms with Gasteiger partial charge in [0.2, 0.25) is 5.91 Å². The quantitative estimate of drug-likeness (QED) is 0.869. The lowest BCUT2D eigenvalue weighted by molar-refractivity contribution is -0.116. The molecule has 0 aliphatic carbocycles. The second-order valence-electron chi connectivity index (χ2n) is 5.47. The van der Waals surface area contributed by atoms with Crippen LogP contribution in [0, 0.1) is 6.92 Å². The molecule has 25 heavy (non-hydrogen) atoms. The maximum absolute atomic E-state index is 12.5. The van der Waals surface area contributed by atoms with Crippen LogP contribution in [0.3, 0.4) is 0 Å². The van der Waals surface area contributed by atoms with E-state index in [2.05, 4.69) is 10.3 Å². The van der Waals surface area contributed by atoms with Crippen molar-refractivity contribution in [3.8, 4) is 11.5 Å². The first-order valence-electron chi connectivity index (χ1n) is 7.65. The first-order chi connectivity index (χ1) is 11.9. The predicted molar refractivity (Wildman–Crippen MR) is 94.1 cm³/mol. The van der Waals surface area contributed by atoms with Crippen LogP contribution in [0.5, 0.6) is 11.5 Å². The van der Waals surface area contributed by atoms with Gasteiger partial charge >= 0.3 is 0 Å². The molecule has 1 aromatic heterocycles. The molecule has 0 fully saturated rings. The zero-order valence-electron chi connectivity index (χ0n) is 14.7. The Bertz CT molecular complexity index is 754. The lowest BCUT2D eigenvalue weighted by Crippen LogP contribution is -2.35. The van der Waals surface area contributed by atoms with Crippen molar-refractivity contribution >= 4 is 17.6 Å². The summed E-state index contributed by atoms with van der Waals surface area (Å²) in [4.78, 5) is 30.2. The molecule has 7 nitrogen and oxygen atoms in total. The number of likely N-dealkylation sites (N-methyl/N-ethyl adjacent to an activating group) is 1. The zero-order chi connectivity index (χ0) is 18.4. The molecule has 0 saturated carbocycles. The minimum absolute atomic E-state index is 0.103. The molecule has 2 rings (SSSR count). The molecule has 0 bridgehead atoms. The van der Waals surface area contributed by atoms with Crippen molar-refractivity contribution in [2.24, 2.45) is 0 Å². The van der Waals surface area contributed by atoms with Crippen LogP contribution >= 0.6 is 0 Å². The fourth-order valence-electron chi connectivity index (χ4n) is 2.23. The summed E-state index contributed by atoms with van der Waals surface area (Å²) in [7, 11) is 4.57. The van der Waals surface area contributed by atoms with Gasteiger partial charge in [-0.15, -0.1) is 0 Å². The number of benzene rings is 1. The van der Waals surface area contributed by atoms with Gasteiger partial charge in [-0.05, 0) is 31.2 Å². The Labute approximate surface area is 146 Å². The predicted octanol–water partition coefficient (Wildman–Crippen LogP) is 2.12. The van der Waals surface area contributed by atoms with Gasteiger partial charge in [0.05, 0.1) is 20.8 Å². The normalized spacial score (nSPS) is 10.1. The second kappa shape index (κ2) is 8.14. The van der Waals surface area contributed by atoms with Gasteiger partial charge in [0.15, 0.2) is 0 Å². The van der Waals surface area contributed by atoms with Gasteiger partial charge < -0.3 is 19.7 Å². The van der Waals surface area contributed by atoms with Crippen molar-refractivity contribution in [1.29, 1.82) is 0 Å². The van der Waals surface area contributed by atoms with Gasteiger partial charge in [-0.2, -0.15) is 0 Å². The Morgan fingerprint density at radius 3 is 2.32 bits per heavy atom. The molecule has 0 aliphatic heterocycles. The number of carbonyl (C=O) groups excluding carboxylic acids is 2. The second-order valence-corrected chi connectivity index (χ2v) is 5.47. The Morgan fingerprint density at radius 2 is 1.76 bits per heavy atom. The largest absolute Gasteiger partial charge is 0.497 e. The summed E-state index contributed by atoms with van der Waals surface area (Å²) in [5.74, 6) is 0.816. The zero-order valence-corrected chi connectivity index (χ0v) is 14.7. The van der Waals surface area contributed by atoms with Crippen molar-refractivity contribution in [1.82, 2.24) is 9.88 Å². The molecule has 0 spiro atoms. The van der Waals surface area contributed by atoms with E-state index in [1.165, 1.54) is 19.1 Å². The van der Waals surface area contributed by atoms with E-state index < -0.39 is 0 Å². The molecule has 1 heterocycles. The van der Waals surface area contributed by atoms with Crippen molar-refractivity contribution in [3.05, 3.63) is 47.7 Å². The number of amides is 2. The molecule has 2 aromatic rings. The monoisotopic (exact) mass is 343 g/mol. The number of aryl methyl sites for hydroxylation is 1. The van der Waals surface area contributed by atoms with E-state index >= 15 is 0 Å². The molecule has 0 unspecified atom stereocenters. The van der Waals surface area contributed by atoms with Crippen molar-refractivity contribution < 1.29 is 19.1 Å². The van der Waals surface area contributed by atoms with E-state index in [0.29, 0.717) is 22.9 Å². The highest BCUT2D eigenvalue weighted by atomic mass is 16.5. The van der Waals surface area contributed by atoms with Gasteiger partial charge in [-0.25, -0.2) is 4.98 Å². The third-order valence-electron chi connectivity index (χ3n) is 3.48. The number of pyridine rings is 1. The van der Waals surface area contributed by atoms with Crippen LogP contribution in [0.15, 0.2) is 36.4 Å². The minimum atomic E-state index is -0.330. The lowest BCUT2D eigenvalue weighted by atomic mass is 10.1. The van der Waals surface area contributed by atoms with E-state index in [9.17, 15) is 9.59 Å². The van der Waals surface area contributed by atoms with E-state index in [-0.39, 0.29) is 18.4 Å². The fourth-order valence-corrected chi connectivity index (χ4v) is 2.23. The van der Waals surface area contributed by atoms with Gasteiger partial charge in [0.1, 0.15) is 17.3 Å². The summed E-state index contributed by atoms with van der Waals surface area (Å²) in [6.45, 7) is 1.73. The fraction of sp³-hybridized carbons (Fsp3) is 0.278. The third-order valence-corrected chi connectivity index (χ3v) is 3.48. The number of nitrogens with one attached hydrogen (secondary N) is 1. The van der Waals surface area contributed by atoms with E-state index in [4.69, 9.17) is 9.47 Å². The topological polar surface area (TPSA) is 80.8 Å². The number of rotatable bonds is 6. The van der Waals surface area contributed by atoms with Crippen molar-refractivity contribution in [3.63, 3.8) is 0 Å². The van der Waals surface area contributed by atoms with Crippen LogP contribution in [-0.2, 0) is 4.79 Å². The molecule has 0 radical (unpaired) electrons. The maximum Gasteiger partial charge on any atom is 0.254 e. The summed E-state index contributed by atoms with van der Waals surface area (Å²) in [5.41, 5.74) is 1.17. The standard InChI is InChI=1S/C18H21N3O4/c1-12-6-5-7-16(19-12)20-17(22)11-21(2)18(23)13-8-14(24-3)10-15(9-13)25-4/h5-10H,11H2,1-4H3,(H,19,20,22). The highest BCUT2D eigenvalue weighted by Crippen LogP contribution is 2.23. The molecule has 1 aromatic carbocycles. The van der Waals surface area contributed by atoms with Gasteiger partial charge in [-0.3, -0.25) is 9.59 Å². The number of anilines is 1. The molecule has 7 heteroatoms. The average molecular weight is 343 g/mol. The van der Waals surface area contributed by atoms with Crippen LogP contribution in [0.2, 0.25) is 0 Å². The molecule has 0 aliphatic rings. The minimum Gasteiger partial charge on any atom is -0.497 e. The van der Waals surface area contributed by atoms with Crippen molar-refractivity contribution in [2.75, 3.05) is 33.1 Å². The smallest absolute Gasteiger partial charge is 0.254 e. The molecule has 1 N–H and O–H groups in total. The van der Waals surface area contributed by atoms with Gasteiger partial charge in [0, 0.05) is 24.4 Å². The van der Waals surface area contributed by atoms with Gasteiger partial charge in [-0.1, -0.05) is 6.07 Å². The highest BCUT2D eigenvalue weighted by Gasteiger charge is 2.17. The van der Waals surface area contributed by atoms with Crippen LogP contribution in [-0.4, -0.2) is 49.5 Å². The van der Waals surface area contributed by atoms with Crippen LogP contribution in [0.25, 0.3) is 0 Å². The molecule has 0 saturated heterocycles. The Hall–Kier alpha value is -3.09. The van der Waals surface area contributed by atoms with E-state index in [1.807, 2.05) is 13.0 Å². The van der Waals surface area contributed by atoms with Crippen LogP contribution in [0.4, 0.5) is 5.82 Å². The number of hydrogen-bond acceptors (Lipinski definition) is 5. The maximum atomic E-state index is 12.5. The van der Waals surface area contributed by atoms with Crippen LogP contribution in [0.1, 0.15) is 16.1 Å². The number of methoxy groups -OCH3 is 2. The molecule has 0 atom stereocenters. The lowest BCUT2D eigenvalue weighted by Gasteiger charge is -2.17. The molecule has 2 amide bonds.